The van der Waals surface area contributed by atoms with Crippen molar-refractivity contribution in [2.24, 2.45) is 0 Å². The van der Waals surface area contributed by atoms with Crippen LogP contribution in [-0.2, 0) is 6.42 Å². The number of aryl methyl sites for hydroxylation is 2. The van der Waals surface area contributed by atoms with Crippen LogP contribution in [0.3, 0.4) is 0 Å². The van der Waals surface area contributed by atoms with Gasteiger partial charge in [0.1, 0.15) is 5.75 Å². The molecule has 0 spiro atoms. The van der Waals surface area contributed by atoms with Gasteiger partial charge in [-0.15, -0.1) is 0 Å². The van der Waals surface area contributed by atoms with Gasteiger partial charge in [-0.2, -0.15) is 0 Å². The highest BCUT2D eigenvalue weighted by Crippen LogP contribution is 2.30. The van der Waals surface area contributed by atoms with E-state index in [9.17, 15) is 4.79 Å². The minimum Gasteiger partial charge on any atom is -0.496 e. The third kappa shape index (κ3) is 2.77. The topological polar surface area (TPSA) is 50.4 Å². The highest BCUT2D eigenvalue weighted by atomic mass is 16.5. The maximum atomic E-state index is 12.5. The summed E-state index contributed by atoms with van der Waals surface area (Å²) in [7, 11) is 1.61. The van der Waals surface area contributed by atoms with Crippen LogP contribution >= 0.6 is 0 Å². The van der Waals surface area contributed by atoms with Crippen molar-refractivity contribution in [3.63, 3.8) is 0 Å². The van der Waals surface area contributed by atoms with Crippen LogP contribution in [0.25, 0.3) is 0 Å². The summed E-state index contributed by atoms with van der Waals surface area (Å²) < 4.78 is 5.28. The van der Waals surface area contributed by atoms with Gasteiger partial charge >= 0.3 is 0 Å². The first-order valence-corrected chi connectivity index (χ1v) is 7.51. The smallest absolute Gasteiger partial charge is 0.255 e. The number of hydrogen-bond donors (Lipinski definition) is 2. The summed E-state index contributed by atoms with van der Waals surface area (Å²) >= 11 is 0. The van der Waals surface area contributed by atoms with Gasteiger partial charge in [0, 0.05) is 12.1 Å². The molecule has 1 aliphatic rings. The Kier molecular flexibility index (Phi) is 4.00. The summed E-state index contributed by atoms with van der Waals surface area (Å²) in [5.41, 5.74) is 4.74. The molecular formula is C18H20N2O2. The molecule has 0 saturated carbocycles. The third-order valence-corrected chi connectivity index (χ3v) is 3.99. The summed E-state index contributed by atoms with van der Waals surface area (Å²) in [6.07, 6.45) is 2.17. The van der Waals surface area contributed by atoms with Gasteiger partial charge in [-0.3, -0.25) is 4.79 Å². The van der Waals surface area contributed by atoms with Crippen molar-refractivity contribution in [2.45, 2.75) is 19.8 Å². The number of rotatable bonds is 3. The first-order valence-electron chi connectivity index (χ1n) is 7.51. The number of anilines is 2. The molecule has 0 bridgehead atoms. The van der Waals surface area contributed by atoms with Gasteiger partial charge in [0.25, 0.3) is 5.91 Å². The Balaban J connectivity index is 1.86. The van der Waals surface area contributed by atoms with Crippen molar-refractivity contribution in [2.75, 3.05) is 24.3 Å². The number of benzene rings is 2. The average molecular weight is 296 g/mol. The van der Waals surface area contributed by atoms with E-state index in [4.69, 9.17) is 4.74 Å². The fourth-order valence-electron chi connectivity index (χ4n) is 2.77. The van der Waals surface area contributed by atoms with Crippen molar-refractivity contribution in [3.05, 3.63) is 53.1 Å². The van der Waals surface area contributed by atoms with Gasteiger partial charge < -0.3 is 15.4 Å². The number of nitrogens with one attached hydrogen (secondary N) is 2. The van der Waals surface area contributed by atoms with E-state index in [-0.39, 0.29) is 5.91 Å². The first kappa shape index (κ1) is 14.4. The molecule has 1 heterocycles. The zero-order chi connectivity index (χ0) is 15.5. The number of methoxy groups -OCH3 is 1. The second-order valence-corrected chi connectivity index (χ2v) is 5.51. The Hall–Kier alpha value is -2.49. The normalized spacial score (nSPS) is 13.0. The summed E-state index contributed by atoms with van der Waals surface area (Å²) in [4.78, 5) is 12.5. The van der Waals surface area contributed by atoms with E-state index in [1.807, 2.05) is 31.2 Å². The monoisotopic (exact) mass is 296 g/mol. The molecule has 2 aromatic rings. The molecule has 0 unspecified atom stereocenters. The summed E-state index contributed by atoms with van der Waals surface area (Å²) in [6, 6.07) is 11.5. The molecule has 2 aromatic carbocycles. The van der Waals surface area contributed by atoms with E-state index in [0.717, 1.165) is 42.1 Å². The van der Waals surface area contributed by atoms with Crippen LogP contribution < -0.4 is 15.4 Å². The van der Waals surface area contributed by atoms with E-state index < -0.39 is 0 Å². The molecule has 0 aliphatic carbocycles. The Morgan fingerprint density at radius 2 is 2.14 bits per heavy atom. The number of para-hydroxylation sites is 1. The molecule has 2 N–H and O–H groups in total. The second-order valence-electron chi connectivity index (χ2n) is 5.51. The van der Waals surface area contributed by atoms with Gasteiger partial charge in [0.05, 0.1) is 18.5 Å². The molecule has 0 aromatic heterocycles. The van der Waals surface area contributed by atoms with Crippen molar-refractivity contribution < 1.29 is 9.53 Å². The predicted octanol–water partition coefficient (Wildman–Crippen LogP) is 3.61. The van der Waals surface area contributed by atoms with Gasteiger partial charge in [-0.25, -0.2) is 0 Å². The number of carbonyl (C=O) groups excluding carboxylic acids is 1. The standard InChI is InChI=1S/C18H20N2O2/c1-12-8-9-14(11-16(12)22-2)18(21)20-15-7-3-5-13-6-4-10-19-17(13)15/h3,5,7-9,11,19H,4,6,10H2,1-2H3,(H,20,21). The SMILES string of the molecule is COc1cc(C(=O)Nc2cccc3c2NCCC3)ccc1C. The molecule has 3 rings (SSSR count). The highest BCUT2D eigenvalue weighted by molar-refractivity contribution is 6.06. The lowest BCUT2D eigenvalue weighted by atomic mass is 10.0. The third-order valence-electron chi connectivity index (χ3n) is 3.99. The van der Waals surface area contributed by atoms with Crippen molar-refractivity contribution >= 4 is 17.3 Å². The average Bonchev–Trinajstić information content (AvgIpc) is 2.55. The quantitative estimate of drug-likeness (QED) is 0.909. The molecule has 0 radical (unpaired) electrons. The number of hydrogen-bond acceptors (Lipinski definition) is 3. The lowest BCUT2D eigenvalue weighted by Crippen LogP contribution is -2.17. The molecule has 4 nitrogen and oxygen atoms in total. The van der Waals surface area contributed by atoms with Crippen LogP contribution in [0.2, 0.25) is 0 Å². The van der Waals surface area contributed by atoms with Crippen LogP contribution in [0, 0.1) is 6.92 Å². The largest absolute Gasteiger partial charge is 0.496 e. The molecule has 0 fully saturated rings. The Labute approximate surface area is 130 Å². The van der Waals surface area contributed by atoms with Gasteiger partial charge in [0.2, 0.25) is 0 Å². The van der Waals surface area contributed by atoms with Gasteiger partial charge in [-0.05, 0) is 49.1 Å². The number of fused-ring (bicyclic) bond motifs is 1. The van der Waals surface area contributed by atoms with E-state index in [2.05, 4.69) is 16.7 Å². The van der Waals surface area contributed by atoms with Crippen LogP contribution in [0.4, 0.5) is 11.4 Å². The maximum absolute atomic E-state index is 12.5. The Morgan fingerprint density at radius 3 is 2.95 bits per heavy atom. The lowest BCUT2D eigenvalue weighted by Gasteiger charge is -2.21. The molecule has 22 heavy (non-hydrogen) atoms. The first-order chi connectivity index (χ1) is 10.7. The minimum atomic E-state index is -0.126. The second kappa shape index (κ2) is 6.10. The summed E-state index contributed by atoms with van der Waals surface area (Å²) in [5.74, 6) is 0.597. The molecule has 1 aliphatic heterocycles. The molecule has 0 atom stereocenters. The molecule has 0 saturated heterocycles. The minimum absolute atomic E-state index is 0.126. The van der Waals surface area contributed by atoms with E-state index in [0.29, 0.717) is 5.56 Å². The Morgan fingerprint density at radius 1 is 1.27 bits per heavy atom. The lowest BCUT2D eigenvalue weighted by molar-refractivity contribution is 0.102. The van der Waals surface area contributed by atoms with Crippen molar-refractivity contribution in [3.8, 4) is 5.75 Å². The zero-order valence-electron chi connectivity index (χ0n) is 12.9. The highest BCUT2D eigenvalue weighted by Gasteiger charge is 2.15. The fourth-order valence-corrected chi connectivity index (χ4v) is 2.77. The van der Waals surface area contributed by atoms with Crippen LogP contribution in [0.5, 0.6) is 5.75 Å². The van der Waals surface area contributed by atoms with Crippen LogP contribution in [-0.4, -0.2) is 19.6 Å². The van der Waals surface area contributed by atoms with Crippen molar-refractivity contribution in [1.29, 1.82) is 0 Å². The van der Waals surface area contributed by atoms with E-state index in [1.165, 1.54) is 5.56 Å². The predicted molar refractivity (Wildman–Crippen MR) is 88.9 cm³/mol. The molecule has 4 heteroatoms. The number of ether oxygens (including phenoxy) is 1. The maximum Gasteiger partial charge on any atom is 0.255 e. The van der Waals surface area contributed by atoms with Gasteiger partial charge in [0.15, 0.2) is 0 Å². The summed E-state index contributed by atoms with van der Waals surface area (Å²) in [6.45, 7) is 2.90. The molecular weight excluding hydrogens is 276 g/mol. The van der Waals surface area contributed by atoms with E-state index in [1.54, 1.807) is 13.2 Å². The van der Waals surface area contributed by atoms with Crippen LogP contribution in [0.15, 0.2) is 36.4 Å². The summed E-state index contributed by atoms with van der Waals surface area (Å²) in [5, 5.41) is 6.38. The fraction of sp³-hybridized carbons (Fsp3) is 0.278. The van der Waals surface area contributed by atoms with Gasteiger partial charge in [-0.1, -0.05) is 18.2 Å². The number of amides is 1. The zero-order valence-corrected chi connectivity index (χ0v) is 12.9. The number of carbonyl (C=O) groups is 1. The van der Waals surface area contributed by atoms with E-state index >= 15 is 0 Å². The Bertz CT molecular complexity index is 710. The van der Waals surface area contributed by atoms with Crippen molar-refractivity contribution in [1.82, 2.24) is 0 Å². The van der Waals surface area contributed by atoms with Crippen LogP contribution in [0.1, 0.15) is 27.9 Å². The molecule has 1 amide bonds. The molecule has 114 valence electrons.